The second-order valence-corrected chi connectivity index (χ2v) is 7.29. The smallest absolute Gasteiger partial charge is 0.232 e. The summed E-state index contributed by atoms with van der Waals surface area (Å²) in [6, 6.07) is 6.33. The third-order valence-electron chi connectivity index (χ3n) is 2.81. The summed E-state index contributed by atoms with van der Waals surface area (Å²) < 4.78 is 25.9. The molecular weight excluding hydrogens is 310 g/mol. The Morgan fingerprint density at radius 1 is 1.33 bits per heavy atom. The fourth-order valence-corrected chi connectivity index (χ4v) is 3.72. The van der Waals surface area contributed by atoms with Crippen molar-refractivity contribution in [1.82, 2.24) is 4.31 Å². The van der Waals surface area contributed by atoms with Gasteiger partial charge in [0.1, 0.15) is 4.99 Å². The van der Waals surface area contributed by atoms with Crippen LogP contribution in [0, 0.1) is 0 Å². The predicted molar refractivity (Wildman–Crippen MR) is 86.0 cm³/mol. The van der Waals surface area contributed by atoms with E-state index >= 15 is 0 Å². The Bertz CT molecular complexity index is 642. The number of carbonyl (C=O) groups excluding carboxylic acids is 1. The van der Waals surface area contributed by atoms with Crippen LogP contribution in [0.25, 0.3) is 0 Å². The molecule has 116 valence electrons. The van der Waals surface area contributed by atoms with Crippen molar-refractivity contribution < 1.29 is 13.2 Å². The third kappa shape index (κ3) is 5.07. The number of sulfonamides is 1. The number of hydrogen-bond acceptors (Lipinski definition) is 4. The van der Waals surface area contributed by atoms with Crippen molar-refractivity contribution in [3.63, 3.8) is 0 Å². The molecule has 0 heterocycles. The highest BCUT2D eigenvalue weighted by Crippen LogP contribution is 2.15. The first-order valence-corrected chi connectivity index (χ1v) is 8.32. The molecule has 0 aliphatic carbocycles. The molecule has 1 amide bonds. The molecule has 0 spiro atoms. The Balaban J connectivity index is 3.05. The van der Waals surface area contributed by atoms with E-state index in [2.05, 4.69) is 0 Å². The predicted octanol–water partition coefficient (Wildman–Crippen LogP) is 0.346. The zero-order valence-corrected chi connectivity index (χ0v) is 13.6. The zero-order chi connectivity index (χ0) is 16.2. The van der Waals surface area contributed by atoms with Crippen molar-refractivity contribution in [1.29, 1.82) is 0 Å². The van der Waals surface area contributed by atoms with Crippen LogP contribution in [-0.4, -0.2) is 36.2 Å². The van der Waals surface area contributed by atoms with Crippen molar-refractivity contribution in [3.05, 3.63) is 35.4 Å². The number of benzene rings is 1. The fourth-order valence-electron chi connectivity index (χ4n) is 1.86. The van der Waals surface area contributed by atoms with E-state index in [0.717, 1.165) is 4.31 Å². The fraction of sp³-hybridized carbons (Fsp3) is 0.385. The second-order valence-electron chi connectivity index (χ2n) is 4.93. The first-order valence-electron chi connectivity index (χ1n) is 6.30. The number of hydrogen-bond donors (Lipinski definition) is 2. The number of carbonyl (C=O) groups is 1. The van der Waals surface area contributed by atoms with Gasteiger partial charge in [-0.3, -0.25) is 4.79 Å². The third-order valence-corrected chi connectivity index (χ3v) is 5.00. The van der Waals surface area contributed by atoms with Gasteiger partial charge in [-0.1, -0.05) is 30.4 Å². The first kappa shape index (κ1) is 17.5. The number of rotatable bonds is 7. The minimum Gasteiger partial charge on any atom is -0.389 e. The van der Waals surface area contributed by atoms with Crippen LogP contribution < -0.4 is 11.5 Å². The van der Waals surface area contributed by atoms with Crippen molar-refractivity contribution in [3.8, 4) is 0 Å². The van der Waals surface area contributed by atoms with Gasteiger partial charge in [0, 0.05) is 11.6 Å². The number of thiocarbonyl (C=S) groups is 1. The number of nitrogens with two attached hydrogens (primary N) is 2. The molecular formula is C13H19N3O3S2. The molecule has 0 saturated heterocycles. The molecule has 6 nitrogen and oxygen atoms in total. The summed E-state index contributed by atoms with van der Waals surface area (Å²) in [6.45, 7) is 3.03. The molecule has 0 saturated carbocycles. The van der Waals surface area contributed by atoms with Gasteiger partial charge in [-0.05, 0) is 25.5 Å². The van der Waals surface area contributed by atoms with Crippen molar-refractivity contribution in [2.45, 2.75) is 25.6 Å². The number of nitrogens with zero attached hydrogens (tertiary/aromatic N) is 1. The van der Waals surface area contributed by atoms with Crippen LogP contribution in [0.4, 0.5) is 0 Å². The largest absolute Gasteiger partial charge is 0.389 e. The molecule has 1 aromatic rings. The summed E-state index contributed by atoms with van der Waals surface area (Å²) in [5, 5.41) is 0. The lowest BCUT2D eigenvalue weighted by Gasteiger charge is -2.24. The minimum absolute atomic E-state index is 0.201. The van der Waals surface area contributed by atoms with Gasteiger partial charge < -0.3 is 11.5 Å². The number of primary amides is 1. The van der Waals surface area contributed by atoms with Crippen LogP contribution in [0.1, 0.15) is 25.0 Å². The molecule has 0 aromatic heterocycles. The topological polar surface area (TPSA) is 106 Å². The molecule has 1 rings (SSSR count). The summed E-state index contributed by atoms with van der Waals surface area (Å²) in [5.74, 6) is -0.932. The Morgan fingerprint density at radius 3 is 2.43 bits per heavy atom. The van der Waals surface area contributed by atoms with Gasteiger partial charge in [0.25, 0.3) is 0 Å². The van der Waals surface area contributed by atoms with Crippen molar-refractivity contribution >= 4 is 33.1 Å². The highest BCUT2D eigenvalue weighted by molar-refractivity contribution is 7.88. The maximum atomic E-state index is 12.4. The van der Waals surface area contributed by atoms with Crippen molar-refractivity contribution in [2.24, 2.45) is 11.5 Å². The molecule has 4 N–H and O–H groups in total. The molecule has 0 bridgehead atoms. The van der Waals surface area contributed by atoms with Gasteiger partial charge >= 0.3 is 0 Å². The highest BCUT2D eigenvalue weighted by atomic mass is 32.2. The minimum atomic E-state index is -3.66. The monoisotopic (exact) mass is 329 g/mol. The van der Waals surface area contributed by atoms with E-state index < -0.39 is 15.9 Å². The van der Waals surface area contributed by atoms with Crippen LogP contribution in [0.3, 0.4) is 0 Å². The zero-order valence-electron chi connectivity index (χ0n) is 11.9. The molecule has 1 aromatic carbocycles. The Hall–Kier alpha value is -1.51. The van der Waals surface area contributed by atoms with Crippen LogP contribution >= 0.6 is 12.2 Å². The SMILES string of the molecule is CC(C)N(CC(N)=O)S(=O)(=O)Cc1cccc(C(N)=S)c1. The standard InChI is InChI=1S/C13H19N3O3S2/c1-9(2)16(7-12(14)17)21(18,19)8-10-4-3-5-11(6-10)13(15)20/h3-6,9H,7-8H2,1-2H3,(H2,14,17)(H2,15,20). The summed E-state index contributed by atoms with van der Waals surface area (Å²) in [5.41, 5.74) is 11.8. The van der Waals surface area contributed by atoms with E-state index in [0.29, 0.717) is 11.1 Å². The first-order chi connectivity index (χ1) is 9.63. The van der Waals surface area contributed by atoms with Gasteiger partial charge in [0.15, 0.2) is 0 Å². The van der Waals surface area contributed by atoms with E-state index in [1.54, 1.807) is 38.1 Å². The quantitative estimate of drug-likeness (QED) is 0.702. The average Bonchev–Trinajstić information content (AvgIpc) is 2.35. The van der Waals surface area contributed by atoms with E-state index in [9.17, 15) is 13.2 Å². The molecule has 0 aliphatic rings. The van der Waals surface area contributed by atoms with Crippen LogP contribution in [-0.2, 0) is 20.6 Å². The Labute approximate surface area is 130 Å². The Morgan fingerprint density at radius 2 is 1.95 bits per heavy atom. The molecule has 0 fully saturated rings. The van der Waals surface area contributed by atoms with Crippen LogP contribution in [0.15, 0.2) is 24.3 Å². The maximum Gasteiger partial charge on any atom is 0.232 e. The summed E-state index contributed by atoms with van der Waals surface area (Å²) in [7, 11) is -3.66. The van der Waals surface area contributed by atoms with Crippen LogP contribution in [0.5, 0.6) is 0 Å². The molecule has 0 atom stereocenters. The lowest BCUT2D eigenvalue weighted by molar-refractivity contribution is -0.118. The van der Waals surface area contributed by atoms with E-state index in [-0.39, 0.29) is 23.3 Å². The summed E-state index contributed by atoms with van der Waals surface area (Å²) in [6.07, 6.45) is 0. The lowest BCUT2D eigenvalue weighted by Crippen LogP contribution is -2.43. The molecule has 0 unspecified atom stereocenters. The summed E-state index contributed by atoms with van der Waals surface area (Å²) in [4.78, 5) is 11.2. The molecule has 21 heavy (non-hydrogen) atoms. The van der Waals surface area contributed by atoms with Crippen LogP contribution in [0.2, 0.25) is 0 Å². The Kier molecular flexibility index (Phi) is 5.82. The number of amides is 1. The van der Waals surface area contributed by atoms with Gasteiger partial charge in [-0.25, -0.2) is 8.42 Å². The second kappa shape index (κ2) is 6.97. The lowest BCUT2D eigenvalue weighted by atomic mass is 10.1. The van der Waals surface area contributed by atoms with Gasteiger partial charge in [0.05, 0.1) is 12.3 Å². The normalized spacial score (nSPS) is 11.8. The van der Waals surface area contributed by atoms with Gasteiger partial charge in [0.2, 0.25) is 15.9 Å². The molecule has 0 radical (unpaired) electrons. The molecule has 8 heteroatoms. The maximum absolute atomic E-state index is 12.4. The van der Waals surface area contributed by atoms with E-state index in [1.807, 2.05) is 0 Å². The molecule has 0 aliphatic heterocycles. The van der Waals surface area contributed by atoms with Gasteiger partial charge in [-0.2, -0.15) is 4.31 Å². The van der Waals surface area contributed by atoms with E-state index in [4.69, 9.17) is 23.7 Å². The van der Waals surface area contributed by atoms with Gasteiger partial charge in [-0.15, -0.1) is 0 Å². The summed E-state index contributed by atoms with van der Waals surface area (Å²) >= 11 is 4.87. The van der Waals surface area contributed by atoms with E-state index in [1.165, 1.54) is 0 Å². The van der Waals surface area contributed by atoms with Crippen molar-refractivity contribution in [2.75, 3.05) is 6.54 Å². The average molecular weight is 329 g/mol. The highest BCUT2D eigenvalue weighted by Gasteiger charge is 2.26.